The molecule has 1 aliphatic rings. The molecule has 3 nitrogen and oxygen atoms in total. The summed E-state index contributed by atoms with van der Waals surface area (Å²) < 4.78 is 38.4. The molecule has 1 aliphatic heterocycles. The number of nitrogens with zero attached hydrogens (tertiary/aromatic N) is 1. The molecule has 7 heteroatoms. The van der Waals surface area contributed by atoms with Gasteiger partial charge in [-0.05, 0) is 48.7 Å². The fourth-order valence-corrected chi connectivity index (χ4v) is 3.67. The molecule has 1 atom stereocenters. The first-order valence-corrected chi connectivity index (χ1v) is 9.60. The van der Waals surface area contributed by atoms with Gasteiger partial charge in [0.15, 0.2) is 0 Å². The third-order valence-corrected chi connectivity index (χ3v) is 5.32. The Morgan fingerprint density at radius 2 is 1.96 bits per heavy atom. The molecule has 1 heterocycles. The fourth-order valence-electron chi connectivity index (χ4n) is 3.47. The second-order valence-electron chi connectivity index (χ2n) is 7.08. The van der Waals surface area contributed by atoms with E-state index in [0.29, 0.717) is 23.7 Å². The van der Waals surface area contributed by atoms with Crippen LogP contribution in [0.25, 0.3) is 0 Å². The number of nitrogens with one attached hydrogen (secondary N) is 1. The first kappa shape index (κ1) is 20.7. The lowest BCUT2D eigenvalue weighted by Crippen LogP contribution is -2.42. The number of piperidine rings is 1. The van der Waals surface area contributed by atoms with Crippen LogP contribution in [0.15, 0.2) is 48.5 Å². The Labute approximate surface area is 167 Å². The highest BCUT2D eigenvalue weighted by atomic mass is 35.5. The van der Waals surface area contributed by atoms with Crippen molar-refractivity contribution in [2.24, 2.45) is 5.92 Å². The Balaban J connectivity index is 1.55. The molecular formula is C21H22ClF3N2O. The average molecular weight is 411 g/mol. The predicted octanol–water partition coefficient (Wildman–Crippen LogP) is 4.89. The number of carbonyl (C=O) groups excluding carboxylic acids is 1. The fraction of sp³-hybridized carbons (Fsp3) is 0.381. The molecule has 28 heavy (non-hydrogen) atoms. The lowest BCUT2D eigenvalue weighted by Gasteiger charge is -2.32. The number of carbonyl (C=O) groups is 1. The number of likely N-dealkylation sites (tertiary alicyclic amines) is 1. The quantitative estimate of drug-likeness (QED) is 0.761. The minimum absolute atomic E-state index is 0.0871. The van der Waals surface area contributed by atoms with Crippen LogP contribution in [0.3, 0.4) is 0 Å². The van der Waals surface area contributed by atoms with Crippen LogP contribution in [-0.2, 0) is 24.1 Å². The third kappa shape index (κ3) is 5.49. The minimum Gasteiger partial charge on any atom is -0.352 e. The molecule has 1 fully saturated rings. The van der Waals surface area contributed by atoms with E-state index in [1.165, 1.54) is 6.07 Å². The van der Waals surface area contributed by atoms with E-state index in [0.717, 1.165) is 37.1 Å². The molecule has 2 aromatic rings. The van der Waals surface area contributed by atoms with E-state index in [9.17, 15) is 18.0 Å². The van der Waals surface area contributed by atoms with E-state index in [2.05, 4.69) is 10.2 Å². The molecule has 0 saturated carbocycles. The Bertz CT molecular complexity index is 825. The van der Waals surface area contributed by atoms with Crippen LogP contribution < -0.4 is 5.32 Å². The van der Waals surface area contributed by atoms with Gasteiger partial charge in [0.05, 0.1) is 11.5 Å². The number of hydrogen-bond acceptors (Lipinski definition) is 2. The summed E-state index contributed by atoms with van der Waals surface area (Å²) in [5, 5.41) is 3.49. The normalized spacial score (nSPS) is 18.1. The monoisotopic (exact) mass is 410 g/mol. The second-order valence-corrected chi connectivity index (χ2v) is 7.49. The van der Waals surface area contributed by atoms with Crippen LogP contribution in [0.5, 0.6) is 0 Å². The molecule has 0 radical (unpaired) electrons. The standard InChI is InChI=1S/C21H22ClF3N2O/c22-19-9-2-1-6-16(19)13-27-10-4-7-17(14-27)20(28)26-12-15-5-3-8-18(11-15)21(23,24)25/h1-3,5-6,8-9,11,17H,4,7,10,12-14H2,(H,26,28). The highest BCUT2D eigenvalue weighted by Crippen LogP contribution is 2.29. The molecule has 0 aliphatic carbocycles. The van der Waals surface area contributed by atoms with Gasteiger partial charge in [0.25, 0.3) is 0 Å². The SMILES string of the molecule is O=C(NCc1cccc(C(F)(F)F)c1)C1CCCN(Cc2ccccc2Cl)C1. The summed E-state index contributed by atoms with van der Waals surface area (Å²) in [6.07, 6.45) is -2.72. The van der Waals surface area contributed by atoms with E-state index in [-0.39, 0.29) is 18.4 Å². The van der Waals surface area contributed by atoms with Gasteiger partial charge in [-0.2, -0.15) is 13.2 Å². The van der Waals surface area contributed by atoms with Crippen molar-refractivity contribution in [3.8, 4) is 0 Å². The van der Waals surface area contributed by atoms with Crippen molar-refractivity contribution in [3.63, 3.8) is 0 Å². The van der Waals surface area contributed by atoms with Crippen molar-refractivity contribution < 1.29 is 18.0 Å². The molecule has 0 aromatic heterocycles. The van der Waals surface area contributed by atoms with Crippen molar-refractivity contribution in [1.82, 2.24) is 10.2 Å². The zero-order valence-electron chi connectivity index (χ0n) is 15.3. The summed E-state index contributed by atoms with van der Waals surface area (Å²) in [6.45, 7) is 2.27. The Hall–Kier alpha value is -2.05. The second kappa shape index (κ2) is 8.97. The zero-order chi connectivity index (χ0) is 20.1. The number of hydrogen-bond donors (Lipinski definition) is 1. The first-order chi connectivity index (χ1) is 13.3. The summed E-state index contributed by atoms with van der Waals surface area (Å²) in [4.78, 5) is 14.7. The molecule has 1 N–H and O–H groups in total. The first-order valence-electron chi connectivity index (χ1n) is 9.22. The smallest absolute Gasteiger partial charge is 0.352 e. The predicted molar refractivity (Wildman–Crippen MR) is 103 cm³/mol. The van der Waals surface area contributed by atoms with Crippen LogP contribution in [0, 0.1) is 5.92 Å². The van der Waals surface area contributed by atoms with Gasteiger partial charge in [0.2, 0.25) is 5.91 Å². The topological polar surface area (TPSA) is 32.3 Å². The maximum Gasteiger partial charge on any atom is 0.416 e. The molecule has 0 spiro atoms. The van der Waals surface area contributed by atoms with E-state index in [4.69, 9.17) is 11.6 Å². The maximum atomic E-state index is 12.8. The average Bonchev–Trinajstić information content (AvgIpc) is 2.68. The molecule has 1 unspecified atom stereocenters. The highest BCUT2D eigenvalue weighted by Gasteiger charge is 2.30. The van der Waals surface area contributed by atoms with Gasteiger partial charge in [0.1, 0.15) is 0 Å². The molecule has 2 aromatic carbocycles. The number of benzene rings is 2. The Morgan fingerprint density at radius 3 is 2.71 bits per heavy atom. The van der Waals surface area contributed by atoms with Crippen LogP contribution in [-0.4, -0.2) is 23.9 Å². The van der Waals surface area contributed by atoms with E-state index in [1.807, 2.05) is 24.3 Å². The van der Waals surface area contributed by atoms with Crippen molar-refractivity contribution in [2.45, 2.75) is 32.1 Å². The summed E-state index contributed by atoms with van der Waals surface area (Å²) in [5.41, 5.74) is 0.754. The highest BCUT2D eigenvalue weighted by molar-refractivity contribution is 6.31. The molecule has 1 amide bonds. The Kier molecular flexibility index (Phi) is 6.62. The van der Waals surface area contributed by atoms with Gasteiger partial charge in [-0.1, -0.05) is 41.9 Å². The lowest BCUT2D eigenvalue weighted by atomic mass is 9.96. The van der Waals surface area contributed by atoms with Crippen LogP contribution in [0.4, 0.5) is 13.2 Å². The van der Waals surface area contributed by atoms with Crippen molar-refractivity contribution >= 4 is 17.5 Å². The van der Waals surface area contributed by atoms with Crippen LogP contribution >= 0.6 is 11.6 Å². The van der Waals surface area contributed by atoms with Crippen LogP contribution in [0.1, 0.15) is 29.5 Å². The molecule has 1 saturated heterocycles. The molecule has 0 bridgehead atoms. The zero-order valence-corrected chi connectivity index (χ0v) is 16.1. The lowest BCUT2D eigenvalue weighted by molar-refractivity contribution is -0.137. The molecular weight excluding hydrogens is 389 g/mol. The number of halogens is 4. The largest absolute Gasteiger partial charge is 0.416 e. The van der Waals surface area contributed by atoms with Gasteiger partial charge in [-0.15, -0.1) is 0 Å². The minimum atomic E-state index is -4.39. The summed E-state index contributed by atoms with van der Waals surface area (Å²) in [7, 11) is 0. The number of alkyl halides is 3. The Morgan fingerprint density at radius 1 is 1.18 bits per heavy atom. The van der Waals surface area contributed by atoms with Gasteiger partial charge in [0, 0.05) is 24.7 Å². The van der Waals surface area contributed by atoms with Gasteiger partial charge < -0.3 is 5.32 Å². The van der Waals surface area contributed by atoms with Crippen LogP contribution in [0.2, 0.25) is 5.02 Å². The van der Waals surface area contributed by atoms with Crippen molar-refractivity contribution in [3.05, 3.63) is 70.2 Å². The number of rotatable bonds is 5. The van der Waals surface area contributed by atoms with Gasteiger partial charge >= 0.3 is 6.18 Å². The molecule has 150 valence electrons. The summed E-state index contributed by atoms with van der Waals surface area (Å²) in [6, 6.07) is 12.7. The van der Waals surface area contributed by atoms with E-state index >= 15 is 0 Å². The van der Waals surface area contributed by atoms with Gasteiger partial charge in [-0.25, -0.2) is 0 Å². The maximum absolute atomic E-state index is 12.8. The van der Waals surface area contributed by atoms with E-state index < -0.39 is 11.7 Å². The van der Waals surface area contributed by atoms with Crippen molar-refractivity contribution in [1.29, 1.82) is 0 Å². The van der Waals surface area contributed by atoms with E-state index in [1.54, 1.807) is 6.07 Å². The molecule has 3 rings (SSSR count). The van der Waals surface area contributed by atoms with Gasteiger partial charge in [-0.3, -0.25) is 9.69 Å². The van der Waals surface area contributed by atoms with Crippen molar-refractivity contribution in [2.75, 3.05) is 13.1 Å². The summed E-state index contributed by atoms with van der Waals surface area (Å²) >= 11 is 6.22. The third-order valence-electron chi connectivity index (χ3n) is 4.95. The summed E-state index contributed by atoms with van der Waals surface area (Å²) in [5.74, 6) is -0.302. The number of amides is 1.